The van der Waals surface area contributed by atoms with E-state index in [9.17, 15) is 23.5 Å². The maximum absolute atomic E-state index is 15.6. The number of rotatable bonds is 3. The third-order valence-electron chi connectivity index (χ3n) is 5.31. The molecule has 1 aromatic heterocycles. The van der Waals surface area contributed by atoms with Gasteiger partial charge in [0, 0.05) is 25.0 Å². The number of carboxylic acid groups (broad SMARTS) is 1. The van der Waals surface area contributed by atoms with Gasteiger partial charge in [-0.1, -0.05) is 0 Å². The van der Waals surface area contributed by atoms with Crippen molar-refractivity contribution in [2.24, 2.45) is 0 Å². The number of carbonyl (C=O) groups is 1. The summed E-state index contributed by atoms with van der Waals surface area (Å²) in [5, 5.41) is 8.37. The molecule has 1 aliphatic heterocycles. The average Bonchev–Trinajstić information content (AvgIpc) is 3.20. The fraction of sp³-hybridized carbons (Fsp3) is 0.238. The molecule has 4 rings (SSSR count). The topological polar surface area (TPSA) is 62.5 Å². The van der Waals surface area contributed by atoms with Gasteiger partial charge in [0.05, 0.1) is 10.9 Å². The van der Waals surface area contributed by atoms with Gasteiger partial charge in [-0.3, -0.25) is 4.79 Å². The Hall–Kier alpha value is -3.36. The van der Waals surface area contributed by atoms with Crippen molar-refractivity contribution in [3.63, 3.8) is 0 Å². The van der Waals surface area contributed by atoms with E-state index in [4.69, 9.17) is 0 Å². The van der Waals surface area contributed by atoms with Gasteiger partial charge in [-0.25, -0.2) is 22.4 Å². The van der Waals surface area contributed by atoms with Gasteiger partial charge < -0.3 is 14.6 Å². The zero-order chi connectivity index (χ0) is 21.7. The Labute approximate surface area is 167 Å². The number of anilines is 1. The minimum atomic E-state index is -1.68. The van der Waals surface area contributed by atoms with Crippen LogP contribution in [0.2, 0.25) is 0 Å². The highest BCUT2D eigenvalue weighted by Crippen LogP contribution is 2.35. The summed E-state index contributed by atoms with van der Waals surface area (Å²) in [6.07, 6.45) is 2.18. The summed E-state index contributed by atoms with van der Waals surface area (Å²) in [7, 11) is 0. The molecule has 0 amide bonds. The first-order valence-corrected chi connectivity index (χ1v) is 9.23. The molecular formula is C21H16F4N2O3. The summed E-state index contributed by atoms with van der Waals surface area (Å²) in [5.41, 5.74) is -2.99. The molecule has 0 atom stereocenters. The second-order valence-electron chi connectivity index (χ2n) is 7.19. The molecule has 0 unspecified atom stereocenters. The number of aryl methyl sites for hydroxylation is 1. The molecule has 0 aliphatic carbocycles. The molecule has 1 saturated heterocycles. The summed E-state index contributed by atoms with van der Waals surface area (Å²) < 4.78 is 60.0. The van der Waals surface area contributed by atoms with Crippen LogP contribution in [-0.2, 0) is 0 Å². The van der Waals surface area contributed by atoms with Crippen molar-refractivity contribution in [1.29, 1.82) is 0 Å². The Morgan fingerprint density at radius 3 is 2.30 bits per heavy atom. The zero-order valence-corrected chi connectivity index (χ0v) is 15.8. The quantitative estimate of drug-likeness (QED) is 0.511. The Balaban J connectivity index is 2.21. The maximum atomic E-state index is 15.6. The number of aromatic nitrogens is 1. The molecule has 0 radical (unpaired) electrons. The Morgan fingerprint density at radius 2 is 1.70 bits per heavy atom. The van der Waals surface area contributed by atoms with E-state index in [1.807, 2.05) is 0 Å². The Bertz CT molecular complexity index is 1260. The van der Waals surface area contributed by atoms with E-state index >= 15 is 8.78 Å². The summed E-state index contributed by atoms with van der Waals surface area (Å²) in [6.45, 7) is 2.11. The number of fused-ring (bicyclic) bond motifs is 1. The molecule has 0 spiro atoms. The first-order valence-electron chi connectivity index (χ1n) is 9.23. The summed E-state index contributed by atoms with van der Waals surface area (Å²) in [6, 6.07) is 3.43. The average molecular weight is 420 g/mol. The molecule has 2 heterocycles. The summed E-state index contributed by atoms with van der Waals surface area (Å²) in [5.74, 6) is -6.60. The molecular weight excluding hydrogens is 404 g/mol. The lowest BCUT2D eigenvalue weighted by molar-refractivity contribution is 0.0695. The number of benzene rings is 2. The van der Waals surface area contributed by atoms with Crippen molar-refractivity contribution in [3.05, 3.63) is 69.0 Å². The zero-order valence-electron chi connectivity index (χ0n) is 15.8. The van der Waals surface area contributed by atoms with Crippen LogP contribution in [-0.4, -0.2) is 28.7 Å². The molecule has 9 heteroatoms. The van der Waals surface area contributed by atoms with Gasteiger partial charge in [-0.2, -0.15) is 0 Å². The lowest BCUT2D eigenvalue weighted by Gasteiger charge is -2.23. The third kappa shape index (κ3) is 2.92. The van der Waals surface area contributed by atoms with E-state index < -0.39 is 56.8 Å². The SMILES string of the molecule is Cc1cc(F)ccc1-n1cc(C(=O)O)c(=O)c2c(F)c(F)c(N3CCCC3)c(F)c21. The molecule has 5 nitrogen and oxygen atoms in total. The lowest BCUT2D eigenvalue weighted by Crippen LogP contribution is -2.25. The second kappa shape index (κ2) is 7.16. The Morgan fingerprint density at radius 1 is 1.03 bits per heavy atom. The molecule has 156 valence electrons. The maximum Gasteiger partial charge on any atom is 0.341 e. The second-order valence-corrected chi connectivity index (χ2v) is 7.19. The van der Waals surface area contributed by atoms with Crippen LogP contribution in [0.3, 0.4) is 0 Å². The van der Waals surface area contributed by atoms with E-state index in [1.165, 1.54) is 17.9 Å². The normalized spacial score (nSPS) is 14.0. The highest BCUT2D eigenvalue weighted by molar-refractivity contribution is 5.95. The van der Waals surface area contributed by atoms with E-state index in [2.05, 4.69) is 0 Å². The van der Waals surface area contributed by atoms with Crippen LogP contribution < -0.4 is 10.3 Å². The van der Waals surface area contributed by atoms with Crippen LogP contribution >= 0.6 is 0 Å². The van der Waals surface area contributed by atoms with Crippen molar-refractivity contribution in [3.8, 4) is 5.69 Å². The molecule has 1 N–H and O–H groups in total. The van der Waals surface area contributed by atoms with E-state index in [0.29, 0.717) is 25.9 Å². The number of carboxylic acids is 1. The number of hydrogen-bond acceptors (Lipinski definition) is 3. The van der Waals surface area contributed by atoms with Crippen LogP contribution in [0.5, 0.6) is 0 Å². The van der Waals surface area contributed by atoms with E-state index in [-0.39, 0.29) is 11.3 Å². The predicted molar refractivity (Wildman–Crippen MR) is 103 cm³/mol. The molecule has 0 bridgehead atoms. The van der Waals surface area contributed by atoms with Gasteiger partial charge in [0.25, 0.3) is 0 Å². The van der Waals surface area contributed by atoms with Gasteiger partial charge in [0.1, 0.15) is 17.1 Å². The van der Waals surface area contributed by atoms with E-state index in [0.717, 1.165) is 22.9 Å². The van der Waals surface area contributed by atoms with Crippen LogP contribution in [0.4, 0.5) is 23.2 Å². The number of halogens is 4. The van der Waals surface area contributed by atoms with Gasteiger partial charge in [-0.05, 0) is 43.5 Å². The van der Waals surface area contributed by atoms with Crippen molar-refractivity contribution >= 4 is 22.6 Å². The standard InChI is InChI=1S/C21H16F4N2O3/c1-10-8-11(22)4-5-13(10)27-9-12(21(29)30)20(28)14-15(23)16(24)19(17(25)18(14)27)26-6-2-3-7-26/h4-5,8-9H,2-3,6-7H2,1H3,(H,29,30). The number of nitrogens with zero attached hydrogens (tertiary/aromatic N) is 2. The first kappa shape index (κ1) is 19.9. The van der Waals surface area contributed by atoms with Crippen LogP contribution in [0.25, 0.3) is 16.6 Å². The summed E-state index contributed by atoms with van der Waals surface area (Å²) in [4.78, 5) is 25.5. The molecule has 2 aromatic carbocycles. The van der Waals surface area contributed by atoms with Crippen LogP contribution in [0, 0.1) is 30.2 Å². The molecule has 0 saturated carbocycles. The lowest BCUT2D eigenvalue weighted by atomic mass is 10.1. The van der Waals surface area contributed by atoms with E-state index in [1.54, 1.807) is 0 Å². The number of pyridine rings is 1. The van der Waals surface area contributed by atoms with Gasteiger partial charge in [-0.15, -0.1) is 0 Å². The smallest absolute Gasteiger partial charge is 0.341 e. The Kier molecular flexibility index (Phi) is 4.76. The highest BCUT2D eigenvalue weighted by atomic mass is 19.2. The fourth-order valence-electron chi connectivity index (χ4n) is 3.91. The predicted octanol–water partition coefficient (Wildman–Crippen LogP) is 4.15. The number of aromatic carboxylic acids is 1. The molecule has 1 aliphatic rings. The van der Waals surface area contributed by atoms with Crippen molar-refractivity contribution in [2.75, 3.05) is 18.0 Å². The van der Waals surface area contributed by atoms with Crippen LogP contribution in [0.15, 0.2) is 29.2 Å². The molecule has 30 heavy (non-hydrogen) atoms. The summed E-state index contributed by atoms with van der Waals surface area (Å²) >= 11 is 0. The monoisotopic (exact) mass is 420 g/mol. The third-order valence-corrected chi connectivity index (χ3v) is 5.31. The minimum absolute atomic E-state index is 0.126. The van der Waals surface area contributed by atoms with Gasteiger partial charge in [0.2, 0.25) is 5.43 Å². The first-order chi connectivity index (χ1) is 14.2. The van der Waals surface area contributed by atoms with Crippen molar-refractivity contribution < 1.29 is 27.5 Å². The van der Waals surface area contributed by atoms with Gasteiger partial charge >= 0.3 is 5.97 Å². The number of hydrogen-bond donors (Lipinski definition) is 1. The molecule has 1 fully saturated rings. The van der Waals surface area contributed by atoms with Crippen LogP contribution in [0.1, 0.15) is 28.8 Å². The van der Waals surface area contributed by atoms with Crippen molar-refractivity contribution in [1.82, 2.24) is 4.57 Å². The largest absolute Gasteiger partial charge is 0.477 e. The molecule has 3 aromatic rings. The van der Waals surface area contributed by atoms with Crippen molar-refractivity contribution in [2.45, 2.75) is 19.8 Å². The minimum Gasteiger partial charge on any atom is -0.477 e. The highest BCUT2D eigenvalue weighted by Gasteiger charge is 2.31. The van der Waals surface area contributed by atoms with Gasteiger partial charge in [0.15, 0.2) is 17.5 Å². The fourth-order valence-corrected chi connectivity index (χ4v) is 3.91.